The first-order chi connectivity index (χ1) is 9.69. The van der Waals surface area contributed by atoms with Crippen molar-refractivity contribution in [2.24, 2.45) is 0 Å². The van der Waals surface area contributed by atoms with Crippen LogP contribution in [0.4, 0.5) is 0 Å². The number of carbonyl (C=O) groups is 2. The third-order valence-corrected chi connectivity index (χ3v) is 3.14. The summed E-state index contributed by atoms with van der Waals surface area (Å²) in [5.74, 6) is -0.793. The highest BCUT2D eigenvalue weighted by atomic mass is 16.5. The van der Waals surface area contributed by atoms with Crippen molar-refractivity contribution in [1.29, 1.82) is 0 Å². The summed E-state index contributed by atoms with van der Waals surface area (Å²) in [6.45, 7) is 2.15. The van der Waals surface area contributed by atoms with Crippen molar-refractivity contribution >= 4 is 12.3 Å². The van der Waals surface area contributed by atoms with Gasteiger partial charge in [0.15, 0.2) is 12.4 Å². The number of carboxylic acid groups (broad SMARTS) is 1. The van der Waals surface area contributed by atoms with E-state index in [1.807, 2.05) is 0 Å². The van der Waals surface area contributed by atoms with Gasteiger partial charge in [0.2, 0.25) is 0 Å². The topological polar surface area (TPSA) is 63.6 Å². The van der Waals surface area contributed by atoms with Crippen LogP contribution in [0.2, 0.25) is 0 Å². The molecule has 1 rings (SSSR count). The molecule has 110 valence electrons. The molecular formula is C16H22O4. The van der Waals surface area contributed by atoms with Crippen LogP contribution >= 0.6 is 0 Å². The van der Waals surface area contributed by atoms with E-state index in [9.17, 15) is 9.59 Å². The van der Waals surface area contributed by atoms with Gasteiger partial charge in [-0.3, -0.25) is 4.79 Å². The molecule has 0 saturated heterocycles. The molecule has 4 heteroatoms. The second kappa shape index (κ2) is 9.13. The molecular weight excluding hydrogens is 256 g/mol. The van der Waals surface area contributed by atoms with Crippen molar-refractivity contribution in [3.63, 3.8) is 0 Å². The monoisotopic (exact) mass is 278 g/mol. The summed E-state index contributed by atoms with van der Waals surface area (Å²) in [5, 5.41) is 9.06. The minimum Gasteiger partial charge on any atom is -0.482 e. The van der Waals surface area contributed by atoms with Gasteiger partial charge in [0, 0.05) is 0 Å². The zero-order valence-electron chi connectivity index (χ0n) is 11.9. The van der Waals surface area contributed by atoms with Crippen molar-refractivity contribution in [3.05, 3.63) is 29.8 Å². The van der Waals surface area contributed by atoms with Crippen LogP contribution in [-0.2, 0) is 4.79 Å². The fraction of sp³-hybridized carbons (Fsp3) is 0.500. The Bertz CT molecular complexity index is 428. The van der Waals surface area contributed by atoms with E-state index in [-0.39, 0.29) is 11.3 Å². The van der Waals surface area contributed by atoms with Gasteiger partial charge in [-0.1, -0.05) is 44.7 Å². The van der Waals surface area contributed by atoms with Gasteiger partial charge in [0.25, 0.3) is 0 Å². The Kier molecular flexibility index (Phi) is 7.40. The van der Waals surface area contributed by atoms with E-state index in [0.29, 0.717) is 6.42 Å². The lowest BCUT2D eigenvalue weighted by Crippen LogP contribution is -2.19. The number of benzene rings is 1. The summed E-state index contributed by atoms with van der Waals surface area (Å²) in [4.78, 5) is 22.1. The summed E-state index contributed by atoms with van der Waals surface area (Å²) in [7, 11) is 0. The van der Waals surface area contributed by atoms with Crippen LogP contribution in [0, 0.1) is 0 Å². The van der Waals surface area contributed by atoms with Crippen LogP contribution in [0.1, 0.15) is 55.8 Å². The Morgan fingerprint density at radius 1 is 1.25 bits per heavy atom. The molecule has 0 aliphatic rings. The summed E-state index contributed by atoms with van der Waals surface area (Å²) in [6.07, 6.45) is 6.33. The average molecular weight is 278 g/mol. The standard InChI is InChI=1S/C16H22O4/c1-2-3-4-5-6-9-13(12-17)20-15-11-8-7-10-14(15)16(18)19/h7-8,10-13H,2-6,9H2,1H3,(H,18,19). The fourth-order valence-corrected chi connectivity index (χ4v) is 2.01. The number of carboxylic acids is 1. The van der Waals surface area contributed by atoms with Gasteiger partial charge >= 0.3 is 5.97 Å². The van der Waals surface area contributed by atoms with Crippen LogP contribution in [0.5, 0.6) is 5.75 Å². The lowest BCUT2D eigenvalue weighted by Gasteiger charge is -2.15. The maximum absolute atomic E-state index is 11.1. The maximum atomic E-state index is 11.1. The number of hydrogen-bond acceptors (Lipinski definition) is 3. The second-order valence-electron chi connectivity index (χ2n) is 4.80. The zero-order chi connectivity index (χ0) is 14.8. The molecule has 1 aromatic rings. The molecule has 1 atom stereocenters. The molecule has 0 spiro atoms. The van der Waals surface area contributed by atoms with Crippen LogP contribution < -0.4 is 4.74 Å². The molecule has 0 fully saturated rings. The Balaban J connectivity index is 2.51. The largest absolute Gasteiger partial charge is 0.482 e. The number of aldehydes is 1. The van der Waals surface area contributed by atoms with Crippen molar-refractivity contribution < 1.29 is 19.4 Å². The summed E-state index contributed by atoms with van der Waals surface area (Å²) in [6, 6.07) is 6.39. The molecule has 0 aliphatic heterocycles. The first-order valence-corrected chi connectivity index (χ1v) is 7.13. The summed E-state index contributed by atoms with van der Waals surface area (Å²) < 4.78 is 5.51. The van der Waals surface area contributed by atoms with Crippen LogP contribution in [0.15, 0.2) is 24.3 Å². The van der Waals surface area contributed by atoms with Gasteiger partial charge in [-0.25, -0.2) is 4.79 Å². The normalized spacial score (nSPS) is 11.8. The third-order valence-electron chi connectivity index (χ3n) is 3.14. The summed E-state index contributed by atoms with van der Waals surface area (Å²) >= 11 is 0. The Morgan fingerprint density at radius 3 is 2.60 bits per heavy atom. The van der Waals surface area contributed by atoms with E-state index in [1.165, 1.54) is 18.9 Å². The third kappa shape index (κ3) is 5.43. The molecule has 0 heterocycles. The molecule has 1 N–H and O–H groups in total. The molecule has 1 unspecified atom stereocenters. The highest BCUT2D eigenvalue weighted by molar-refractivity contribution is 5.90. The van der Waals surface area contributed by atoms with Crippen molar-refractivity contribution in [2.45, 2.75) is 51.6 Å². The molecule has 0 saturated carbocycles. The molecule has 1 aromatic carbocycles. The number of para-hydroxylation sites is 1. The number of aromatic carboxylic acids is 1. The van der Waals surface area contributed by atoms with E-state index in [4.69, 9.17) is 9.84 Å². The summed E-state index contributed by atoms with van der Waals surface area (Å²) in [5.41, 5.74) is 0.0883. The molecule has 0 amide bonds. The Morgan fingerprint density at radius 2 is 1.95 bits per heavy atom. The van der Waals surface area contributed by atoms with Gasteiger partial charge in [0.05, 0.1) is 0 Å². The molecule has 20 heavy (non-hydrogen) atoms. The van der Waals surface area contributed by atoms with Crippen LogP contribution in [0.3, 0.4) is 0 Å². The van der Waals surface area contributed by atoms with Gasteiger partial charge in [-0.05, 0) is 25.0 Å². The predicted octanol–water partition coefficient (Wildman–Crippen LogP) is 3.69. The second-order valence-corrected chi connectivity index (χ2v) is 4.80. The minimum absolute atomic E-state index is 0.0883. The molecule has 0 aromatic heterocycles. The van der Waals surface area contributed by atoms with Crippen molar-refractivity contribution in [2.75, 3.05) is 0 Å². The Hall–Kier alpha value is -1.84. The highest BCUT2D eigenvalue weighted by Crippen LogP contribution is 2.20. The smallest absolute Gasteiger partial charge is 0.339 e. The molecule has 0 aliphatic carbocycles. The lowest BCUT2D eigenvalue weighted by atomic mass is 10.1. The van der Waals surface area contributed by atoms with Gasteiger partial charge in [0.1, 0.15) is 11.3 Å². The van der Waals surface area contributed by atoms with E-state index in [2.05, 4.69) is 6.92 Å². The minimum atomic E-state index is -1.05. The number of rotatable bonds is 10. The first kappa shape index (κ1) is 16.2. The van der Waals surface area contributed by atoms with Gasteiger partial charge in [-0.15, -0.1) is 0 Å². The maximum Gasteiger partial charge on any atom is 0.339 e. The van der Waals surface area contributed by atoms with E-state index >= 15 is 0 Å². The van der Waals surface area contributed by atoms with Crippen molar-refractivity contribution in [1.82, 2.24) is 0 Å². The van der Waals surface area contributed by atoms with Gasteiger partial charge < -0.3 is 9.84 Å². The molecule has 0 bridgehead atoms. The first-order valence-electron chi connectivity index (χ1n) is 7.13. The fourth-order valence-electron chi connectivity index (χ4n) is 2.01. The SMILES string of the molecule is CCCCCCCC(C=O)Oc1ccccc1C(=O)O. The van der Waals surface area contributed by atoms with Gasteiger partial charge in [-0.2, -0.15) is 0 Å². The Labute approximate surface area is 119 Å². The van der Waals surface area contributed by atoms with E-state index in [1.54, 1.807) is 18.2 Å². The van der Waals surface area contributed by atoms with E-state index < -0.39 is 12.1 Å². The number of carbonyl (C=O) groups excluding carboxylic acids is 1. The predicted molar refractivity (Wildman–Crippen MR) is 77.3 cm³/mol. The van der Waals surface area contributed by atoms with Crippen LogP contribution in [-0.4, -0.2) is 23.5 Å². The van der Waals surface area contributed by atoms with Crippen molar-refractivity contribution in [3.8, 4) is 5.75 Å². The number of unbranched alkanes of at least 4 members (excludes halogenated alkanes) is 4. The average Bonchev–Trinajstić information content (AvgIpc) is 2.46. The number of ether oxygens (including phenoxy) is 1. The lowest BCUT2D eigenvalue weighted by molar-refractivity contribution is -0.114. The molecule has 0 radical (unpaired) electrons. The van der Waals surface area contributed by atoms with E-state index in [0.717, 1.165) is 25.5 Å². The zero-order valence-corrected chi connectivity index (χ0v) is 11.9. The highest BCUT2D eigenvalue weighted by Gasteiger charge is 2.15. The van der Waals surface area contributed by atoms with Crippen LogP contribution in [0.25, 0.3) is 0 Å². The molecule has 4 nitrogen and oxygen atoms in total. The quantitative estimate of drug-likeness (QED) is 0.523. The number of hydrogen-bond donors (Lipinski definition) is 1.